The fraction of sp³-hybridized carbons (Fsp3) is 0.174. The number of aromatic nitrogens is 3. The number of hydrogen-bond donors (Lipinski definition) is 1. The summed E-state index contributed by atoms with van der Waals surface area (Å²) in [6.45, 7) is 4.04. The van der Waals surface area contributed by atoms with Gasteiger partial charge in [0.05, 0.1) is 22.6 Å². The first-order valence-corrected chi connectivity index (χ1v) is 9.69. The molecule has 2 aromatic carbocycles. The van der Waals surface area contributed by atoms with Crippen LogP contribution in [0.15, 0.2) is 55.0 Å². The molecule has 0 saturated carbocycles. The highest BCUT2D eigenvalue weighted by Gasteiger charge is 2.35. The molecule has 2 N–H and O–H groups in total. The lowest BCUT2D eigenvalue weighted by Gasteiger charge is -2.14. The van der Waals surface area contributed by atoms with Gasteiger partial charge in [-0.05, 0) is 49.7 Å². The molecule has 0 fully saturated rings. The minimum absolute atomic E-state index is 0.0960. The third kappa shape index (κ3) is 3.83. The van der Waals surface area contributed by atoms with Crippen LogP contribution in [0.2, 0.25) is 0 Å². The van der Waals surface area contributed by atoms with Crippen molar-refractivity contribution >= 4 is 16.9 Å². The van der Waals surface area contributed by atoms with Crippen LogP contribution in [0.5, 0.6) is 11.5 Å². The van der Waals surface area contributed by atoms with Gasteiger partial charge in [-0.25, -0.2) is 9.97 Å². The zero-order valence-corrected chi connectivity index (χ0v) is 17.2. The van der Waals surface area contributed by atoms with Crippen LogP contribution in [-0.2, 0) is 6.18 Å². The monoisotopic (exact) mass is 437 g/mol. The number of ether oxygens (including phenoxy) is 1. The average Bonchev–Trinajstić information content (AvgIpc) is 3.15. The van der Waals surface area contributed by atoms with E-state index in [4.69, 9.17) is 15.7 Å². The molecular formula is C23H18F3N5O. The molecule has 0 amide bonds. The molecule has 9 heteroatoms. The summed E-state index contributed by atoms with van der Waals surface area (Å²) in [5, 5.41) is 9.61. The van der Waals surface area contributed by atoms with Crippen molar-refractivity contribution in [2.45, 2.75) is 26.1 Å². The fourth-order valence-corrected chi connectivity index (χ4v) is 3.46. The van der Waals surface area contributed by atoms with Gasteiger partial charge in [-0.1, -0.05) is 12.1 Å². The molecule has 2 heterocycles. The predicted molar refractivity (Wildman–Crippen MR) is 114 cm³/mol. The Kier molecular flexibility index (Phi) is 5.22. The maximum absolute atomic E-state index is 13.4. The molecule has 0 aliphatic carbocycles. The fourth-order valence-electron chi connectivity index (χ4n) is 3.46. The smallest absolute Gasteiger partial charge is 0.420 e. The number of nitriles is 1. The summed E-state index contributed by atoms with van der Waals surface area (Å²) in [5.74, 6) is 0.191. The zero-order chi connectivity index (χ0) is 23.0. The van der Waals surface area contributed by atoms with Crippen molar-refractivity contribution < 1.29 is 17.9 Å². The SMILES string of the molecule is CC(C)n1cc(-c2ccc(Oc3ccc(C#N)cc3C(F)(F)F)cc2)c2c(N)ncnc21. The largest absolute Gasteiger partial charge is 0.457 e. The summed E-state index contributed by atoms with van der Waals surface area (Å²) in [7, 11) is 0. The van der Waals surface area contributed by atoms with Crippen LogP contribution in [0.25, 0.3) is 22.2 Å². The number of anilines is 1. The second-order valence-electron chi connectivity index (χ2n) is 7.45. The van der Waals surface area contributed by atoms with Gasteiger partial charge in [-0.15, -0.1) is 0 Å². The Morgan fingerprint density at radius 3 is 2.44 bits per heavy atom. The van der Waals surface area contributed by atoms with Gasteiger partial charge in [-0.2, -0.15) is 18.4 Å². The van der Waals surface area contributed by atoms with Crippen LogP contribution in [0.3, 0.4) is 0 Å². The minimum Gasteiger partial charge on any atom is -0.457 e. The van der Waals surface area contributed by atoms with Crippen LogP contribution in [0.1, 0.15) is 31.0 Å². The molecule has 4 rings (SSSR count). The lowest BCUT2D eigenvalue weighted by atomic mass is 10.1. The Morgan fingerprint density at radius 1 is 1.09 bits per heavy atom. The lowest BCUT2D eigenvalue weighted by Crippen LogP contribution is -2.07. The van der Waals surface area contributed by atoms with Crippen LogP contribution < -0.4 is 10.5 Å². The molecule has 0 saturated heterocycles. The van der Waals surface area contributed by atoms with E-state index in [9.17, 15) is 13.2 Å². The summed E-state index contributed by atoms with van der Waals surface area (Å²) >= 11 is 0. The number of nitrogens with two attached hydrogens (primary N) is 1. The average molecular weight is 437 g/mol. The van der Waals surface area contributed by atoms with Crippen molar-refractivity contribution in [2.24, 2.45) is 0 Å². The number of nitrogen functional groups attached to an aromatic ring is 1. The van der Waals surface area contributed by atoms with E-state index in [1.165, 1.54) is 12.4 Å². The van der Waals surface area contributed by atoms with Gasteiger partial charge >= 0.3 is 6.18 Å². The van der Waals surface area contributed by atoms with Crippen molar-refractivity contribution in [3.63, 3.8) is 0 Å². The summed E-state index contributed by atoms with van der Waals surface area (Å²) in [6, 6.07) is 11.7. The summed E-state index contributed by atoms with van der Waals surface area (Å²) in [4.78, 5) is 8.43. The van der Waals surface area contributed by atoms with Crippen LogP contribution in [-0.4, -0.2) is 14.5 Å². The third-order valence-electron chi connectivity index (χ3n) is 5.00. The topological polar surface area (TPSA) is 89.8 Å². The van der Waals surface area contributed by atoms with Crippen molar-refractivity contribution in [3.8, 4) is 28.7 Å². The molecular weight excluding hydrogens is 419 g/mol. The molecule has 0 atom stereocenters. The Bertz CT molecular complexity index is 1330. The van der Waals surface area contributed by atoms with Gasteiger partial charge in [0.2, 0.25) is 0 Å². The van der Waals surface area contributed by atoms with Crippen molar-refractivity contribution in [2.75, 3.05) is 5.73 Å². The third-order valence-corrected chi connectivity index (χ3v) is 5.00. The highest BCUT2D eigenvalue weighted by atomic mass is 19.4. The molecule has 4 aromatic rings. The number of alkyl halides is 3. The predicted octanol–water partition coefficient (Wildman–Crippen LogP) is 5.94. The van der Waals surface area contributed by atoms with Gasteiger partial charge in [0, 0.05) is 17.8 Å². The molecule has 6 nitrogen and oxygen atoms in total. The van der Waals surface area contributed by atoms with Crippen molar-refractivity contribution in [3.05, 3.63) is 66.1 Å². The Hall–Kier alpha value is -4.06. The second kappa shape index (κ2) is 7.89. The van der Waals surface area contributed by atoms with Crippen molar-refractivity contribution in [1.82, 2.24) is 14.5 Å². The first-order chi connectivity index (χ1) is 15.2. The molecule has 2 aromatic heterocycles. The lowest BCUT2D eigenvalue weighted by molar-refractivity contribution is -0.138. The molecule has 0 radical (unpaired) electrons. The summed E-state index contributed by atoms with van der Waals surface area (Å²) in [6.07, 6.45) is -1.32. The number of rotatable bonds is 4. The van der Waals surface area contributed by atoms with E-state index in [1.807, 2.05) is 24.6 Å². The first kappa shape index (κ1) is 21.2. The molecule has 0 spiro atoms. The number of benzene rings is 2. The minimum atomic E-state index is -4.65. The maximum atomic E-state index is 13.4. The molecule has 0 bridgehead atoms. The Balaban J connectivity index is 1.71. The van der Waals surface area contributed by atoms with E-state index >= 15 is 0 Å². The number of nitrogens with zero attached hydrogens (tertiary/aromatic N) is 4. The maximum Gasteiger partial charge on any atom is 0.420 e. The van der Waals surface area contributed by atoms with Crippen LogP contribution in [0, 0.1) is 11.3 Å². The van der Waals surface area contributed by atoms with Gasteiger partial charge in [-0.3, -0.25) is 0 Å². The molecule has 32 heavy (non-hydrogen) atoms. The van der Waals surface area contributed by atoms with Gasteiger partial charge in [0.25, 0.3) is 0 Å². The Labute approximate surface area is 181 Å². The number of hydrogen-bond acceptors (Lipinski definition) is 5. The van der Waals surface area contributed by atoms with Gasteiger partial charge in [0.15, 0.2) is 0 Å². The van der Waals surface area contributed by atoms with E-state index in [0.717, 1.165) is 23.3 Å². The second-order valence-corrected chi connectivity index (χ2v) is 7.45. The standard InChI is InChI=1S/C23H18F3N5O/c1-13(2)31-11-17(20-21(28)29-12-30-22(20)31)15-4-6-16(7-5-15)32-19-8-3-14(10-27)9-18(19)23(24,25)26/h3-9,11-13H,1-2H3,(H2,28,29,30). The molecule has 162 valence electrons. The van der Waals surface area contributed by atoms with Crippen LogP contribution in [0.4, 0.5) is 19.0 Å². The zero-order valence-electron chi connectivity index (χ0n) is 17.2. The number of fused-ring (bicyclic) bond motifs is 1. The van der Waals surface area contributed by atoms with Crippen LogP contribution >= 0.6 is 0 Å². The summed E-state index contributed by atoms with van der Waals surface area (Å²) in [5.41, 5.74) is 7.31. The summed E-state index contributed by atoms with van der Waals surface area (Å²) < 4.78 is 47.7. The van der Waals surface area contributed by atoms with E-state index < -0.39 is 11.7 Å². The Morgan fingerprint density at radius 2 is 1.81 bits per heavy atom. The van der Waals surface area contributed by atoms with Gasteiger partial charge in [0.1, 0.15) is 29.3 Å². The van der Waals surface area contributed by atoms with E-state index in [0.29, 0.717) is 16.9 Å². The van der Waals surface area contributed by atoms with E-state index in [1.54, 1.807) is 30.3 Å². The van der Waals surface area contributed by atoms with Gasteiger partial charge < -0.3 is 15.0 Å². The highest BCUT2D eigenvalue weighted by molar-refractivity contribution is 6.00. The normalized spacial score (nSPS) is 11.7. The highest BCUT2D eigenvalue weighted by Crippen LogP contribution is 2.40. The van der Waals surface area contributed by atoms with E-state index in [-0.39, 0.29) is 23.1 Å². The quantitative estimate of drug-likeness (QED) is 0.426. The molecule has 0 aliphatic rings. The van der Waals surface area contributed by atoms with Crippen molar-refractivity contribution in [1.29, 1.82) is 5.26 Å². The molecule has 0 aliphatic heterocycles. The molecule has 0 unspecified atom stereocenters. The van der Waals surface area contributed by atoms with E-state index in [2.05, 4.69) is 9.97 Å². The number of halogens is 3. The first-order valence-electron chi connectivity index (χ1n) is 9.69.